The van der Waals surface area contributed by atoms with Crippen LogP contribution < -0.4 is 9.88 Å². The predicted molar refractivity (Wildman–Crippen MR) is 187 cm³/mol. The van der Waals surface area contributed by atoms with E-state index in [2.05, 4.69) is 5.10 Å². The van der Waals surface area contributed by atoms with Gasteiger partial charge in [0.1, 0.15) is 5.75 Å². The van der Waals surface area contributed by atoms with E-state index < -0.39 is 33.5 Å². The molecular formula is C37H35ClF3N3O6S. The van der Waals surface area contributed by atoms with Gasteiger partial charge in [0.25, 0.3) is 0 Å². The molecule has 0 saturated heterocycles. The molecule has 0 spiro atoms. The van der Waals surface area contributed by atoms with E-state index in [9.17, 15) is 31.2 Å². The summed E-state index contributed by atoms with van der Waals surface area (Å²) in [5, 5.41) is 9.28. The Morgan fingerprint density at radius 3 is 1.86 bits per heavy atom. The maximum absolute atomic E-state index is 13.1. The first-order valence-corrected chi connectivity index (χ1v) is 17.3. The summed E-state index contributed by atoms with van der Waals surface area (Å²) in [6, 6.07) is 26.4. The molecular weight excluding hydrogens is 707 g/mol. The maximum Gasteiger partial charge on any atom is 0.435 e. The van der Waals surface area contributed by atoms with Gasteiger partial charge in [-0.2, -0.15) is 18.3 Å². The van der Waals surface area contributed by atoms with Crippen molar-refractivity contribution >= 4 is 33.4 Å². The minimum Gasteiger partial charge on any atom is -0.476 e. The van der Waals surface area contributed by atoms with Gasteiger partial charge in [0.05, 0.1) is 22.4 Å². The predicted octanol–water partition coefficient (Wildman–Crippen LogP) is 8.19. The molecule has 14 heteroatoms. The summed E-state index contributed by atoms with van der Waals surface area (Å²) in [6.45, 7) is 8.72. The molecule has 0 saturated carbocycles. The third-order valence-electron chi connectivity index (χ3n) is 7.19. The van der Waals surface area contributed by atoms with Gasteiger partial charge in [-0.3, -0.25) is 4.79 Å². The molecule has 0 aliphatic rings. The lowest BCUT2D eigenvalue weighted by Gasteiger charge is -2.25. The molecule has 1 aromatic heterocycles. The van der Waals surface area contributed by atoms with Gasteiger partial charge < -0.3 is 9.47 Å². The number of sulfonamides is 1. The Labute approximate surface area is 298 Å². The van der Waals surface area contributed by atoms with Crippen LogP contribution in [-0.2, 0) is 25.7 Å². The van der Waals surface area contributed by atoms with E-state index in [1.807, 2.05) is 6.92 Å². The standard InChI is InChI=1S/C20H21ClO4.C17H14F3N3O2S/c1-13(2)24-19(23)20(3,4)25-17-11-7-15(8-12-17)18(22)14-5-9-16(21)10-6-14;1-11-2-4-12(5-3-11)15-10-16(17(18,19)20)22-23(15)13-6-8-14(9-7-13)26(21,24)25/h5-13H,1-4H3;2-10H,1H3,(H2,21,24,25). The summed E-state index contributed by atoms with van der Waals surface area (Å²) in [6.07, 6.45) is -4.82. The zero-order chi connectivity index (χ0) is 37.7. The van der Waals surface area contributed by atoms with Gasteiger partial charge >= 0.3 is 12.1 Å². The maximum atomic E-state index is 13.1. The molecule has 268 valence electrons. The zero-order valence-corrected chi connectivity index (χ0v) is 29.8. The molecule has 0 amide bonds. The largest absolute Gasteiger partial charge is 0.476 e. The summed E-state index contributed by atoms with van der Waals surface area (Å²) >= 11 is 5.84. The van der Waals surface area contributed by atoms with E-state index in [-0.39, 0.29) is 28.2 Å². The first kappa shape index (κ1) is 38.8. The number of benzene rings is 4. The number of aryl methyl sites for hydroxylation is 1. The van der Waals surface area contributed by atoms with Crippen LogP contribution in [0.1, 0.15) is 54.9 Å². The van der Waals surface area contributed by atoms with Crippen LogP contribution in [0.2, 0.25) is 5.02 Å². The van der Waals surface area contributed by atoms with Gasteiger partial charge in [-0.05, 0) is 113 Å². The summed E-state index contributed by atoms with van der Waals surface area (Å²) in [5.74, 6) is -0.0659. The molecule has 4 aromatic carbocycles. The quantitative estimate of drug-likeness (QED) is 0.119. The van der Waals surface area contributed by atoms with Crippen LogP contribution in [0.15, 0.2) is 108 Å². The van der Waals surface area contributed by atoms with Crippen LogP contribution in [0, 0.1) is 6.92 Å². The Balaban J connectivity index is 0.000000229. The third-order valence-corrected chi connectivity index (χ3v) is 8.37. The second-order valence-corrected chi connectivity index (χ2v) is 14.2. The molecule has 5 rings (SSSR count). The smallest absolute Gasteiger partial charge is 0.435 e. The molecule has 0 atom stereocenters. The van der Waals surface area contributed by atoms with Gasteiger partial charge in [-0.1, -0.05) is 41.4 Å². The molecule has 9 nitrogen and oxygen atoms in total. The van der Waals surface area contributed by atoms with Crippen LogP contribution in [-0.4, -0.2) is 41.7 Å². The van der Waals surface area contributed by atoms with Crippen molar-refractivity contribution in [1.82, 2.24) is 9.78 Å². The summed E-state index contributed by atoms with van der Waals surface area (Å²) in [4.78, 5) is 24.3. The normalized spacial score (nSPS) is 11.8. The van der Waals surface area contributed by atoms with Crippen molar-refractivity contribution < 1.29 is 40.7 Å². The number of ketones is 1. The zero-order valence-electron chi connectivity index (χ0n) is 28.2. The summed E-state index contributed by atoms with van der Waals surface area (Å²) in [5.41, 5.74) is 0.956. The first-order chi connectivity index (χ1) is 23.7. The molecule has 5 aromatic rings. The second-order valence-electron chi connectivity index (χ2n) is 12.2. The van der Waals surface area contributed by atoms with E-state index in [1.54, 1.807) is 100 Å². The number of aromatic nitrogens is 2. The highest BCUT2D eigenvalue weighted by molar-refractivity contribution is 7.89. The number of alkyl halides is 3. The van der Waals surface area contributed by atoms with Crippen LogP contribution >= 0.6 is 11.6 Å². The fraction of sp³-hybridized carbons (Fsp3) is 0.216. The summed E-state index contributed by atoms with van der Waals surface area (Å²) in [7, 11) is -3.90. The Hall–Kier alpha value is -4.98. The number of carbonyl (C=O) groups is 2. The molecule has 0 bridgehead atoms. The van der Waals surface area contributed by atoms with Gasteiger partial charge in [0.15, 0.2) is 17.1 Å². The summed E-state index contributed by atoms with van der Waals surface area (Å²) < 4.78 is 74.1. The van der Waals surface area contributed by atoms with Crippen molar-refractivity contribution in [1.29, 1.82) is 0 Å². The van der Waals surface area contributed by atoms with E-state index in [0.29, 0.717) is 27.5 Å². The lowest BCUT2D eigenvalue weighted by Crippen LogP contribution is -2.40. The van der Waals surface area contributed by atoms with Crippen LogP contribution in [0.5, 0.6) is 5.75 Å². The first-order valence-electron chi connectivity index (χ1n) is 15.4. The fourth-order valence-electron chi connectivity index (χ4n) is 4.56. The van der Waals surface area contributed by atoms with E-state index in [0.717, 1.165) is 16.3 Å². The van der Waals surface area contributed by atoms with E-state index >= 15 is 0 Å². The highest BCUT2D eigenvalue weighted by atomic mass is 35.5. The average molecular weight is 742 g/mol. The Morgan fingerprint density at radius 1 is 0.843 bits per heavy atom. The lowest BCUT2D eigenvalue weighted by molar-refractivity contribution is -0.163. The SMILES string of the molecule is CC(C)OC(=O)C(C)(C)Oc1ccc(C(=O)c2ccc(Cl)cc2)cc1.Cc1ccc(-c2cc(C(F)(F)F)nn2-c2ccc(S(N)(=O)=O)cc2)cc1. The number of hydrogen-bond acceptors (Lipinski definition) is 7. The number of esters is 1. The number of nitrogens with zero attached hydrogens (tertiary/aromatic N) is 2. The molecule has 0 aliphatic carbocycles. The van der Waals surface area contributed by atoms with E-state index in [4.69, 9.17) is 26.2 Å². The van der Waals surface area contributed by atoms with Crippen molar-refractivity contribution in [3.63, 3.8) is 0 Å². The highest BCUT2D eigenvalue weighted by Crippen LogP contribution is 2.33. The van der Waals surface area contributed by atoms with Gasteiger partial charge in [0.2, 0.25) is 10.0 Å². The van der Waals surface area contributed by atoms with Crippen LogP contribution in [0.3, 0.4) is 0 Å². The topological polar surface area (TPSA) is 131 Å². The number of ether oxygens (including phenoxy) is 2. The van der Waals surface area contributed by atoms with Crippen molar-refractivity contribution in [2.75, 3.05) is 0 Å². The van der Waals surface area contributed by atoms with Crippen molar-refractivity contribution in [2.45, 2.75) is 57.4 Å². The number of halogens is 4. The lowest BCUT2D eigenvalue weighted by atomic mass is 10.0. The molecule has 51 heavy (non-hydrogen) atoms. The second kappa shape index (κ2) is 15.5. The monoisotopic (exact) mass is 741 g/mol. The molecule has 0 radical (unpaired) electrons. The van der Waals surface area contributed by atoms with Crippen molar-refractivity contribution in [3.8, 4) is 22.7 Å². The van der Waals surface area contributed by atoms with Gasteiger partial charge in [-0.15, -0.1) is 0 Å². The van der Waals surface area contributed by atoms with Gasteiger partial charge in [-0.25, -0.2) is 23.0 Å². The highest BCUT2D eigenvalue weighted by Gasteiger charge is 2.35. The molecule has 0 fully saturated rings. The van der Waals surface area contributed by atoms with E-state index in [1.165, 1.54) is 24.3 Å². The molecule has 1 heterocycles. The minimum absolute atomic E-state index is 0.110. The molecule has 2 N–H and O–H groups in total. The molecule has 0 aliphatic heterocycles. The van der Waals surface area contributed by atoms with Crippen LogP contribution in [0.25, 0.3) is 16.9 Å². The number of rotatable bonds is 9. The minimum atomic E-state index is -4.61. The third kappa shape index (κ3) is 10.3. The number of carbonyl (C=O) groups excluding carboxylic acids is 2. The van der Waals surface area contributed by atoms with Gasteiger partial charge in [0, 0.05) is 21.7 Å². The van der Waals surface area contributed by atoms with Crippen molar-refractivity contribution in [2.24, 2.45) is 5.14 Å². The Morgan fingerprint density at radius 2 is 1.37 bits per heavy atom. The average Bonchev–Trinajstić information content (AvgIpc) is 3.52. The Kier molecular flexibility index (Phi) is 11.8. The Bertz CT molecular complexity index is 2100. The van der Waals surface area contributed by atoms with Crippen molar-refractivity contribution in [3.05, 3.63) is 131 Å². The number of nitrogens with two attached hydrogens (primary N) is 1. The van der Waals surface area contributed by atoms with Crippen LogP contribution in [0.4, 0.5) is 13.2 Å². The number of primary sulfonamides is 1. The molecule has 0 unspecified atom stereocenters. The fourth-order valence-corrected chi connectivity index (χ4v) is 5.20. The number of hydrogen-bond donors (Lipinski definition) is 1.